The Hall–Kier alpha value is -0.610. The smallest absolute Gasteiger partial charge is 0.241 e. The van der Waals surface area contributed by atoms with Gasteiger partial charge in [0.05, 0.1) is 0 Å². The van der Waals surface area contributed by atoms with Crippen LogP contribution in [0.2, 0.25) is 0 Å². The number of piperazine rings is 1. The van der Waals surface area contributed by atoms with Crippen molar-refractivity contribution in [2.45, 2.75) is 25.8 Å². The molecule has 0 aromatic heterocycles. The quantitative estimate of drug-likeness (QED) is 0.665. The molecule has 2 aliphatic heterocycles. The van der Waals surface area contributed by atoms with E-state index in [9.17, 15) is 4.79 Å². The van der Waals surface area contributed by atoms with Crippen LogP contribution < -0.4 is 10.6 Å². The van der Waals surface area contributed by atoms with Crippen molar-refractivity contribution in [1.29, 1.82) is 0 Å². The van der Waals surface area contributed by atoms with E-state index in [1.54, 1.807) is 0 Å². The van der Waals surface area contributed by atoms with Crippen molar-refractivity contribution in [3.63, 3.8) is 0 Å². The van der Waals surface area contributed by atoms with Crippen LogP contribution in [0.4, 0.5) is 0 Å². The second kappa shape index (κ2) is 4.10. The summed E-state index contributed by atoms with van der Waals surface area (Å²) in [6.07, 6.45) is 0.931. The second-order valence-electron chi connectivity index (χ2n) is 5.14. The number of hydrogen-bond donors (Lipinski definition) is 2. The highest BCUT2D eigenvalue weighted by molar-refractivity contribution is 5.88. The second-order valence-corrected chi connectivity index (χ2v) is 5.14. The zero-order chi connectivity index (χ0) is 10.9. The average molecular weight is 211 g/mol. The van der Waals surface area contributed by atoms with Crippen LogP contribution in [0.1, 0.15) is 20.3 Å². The molecule has 0 aromatic carbocycles. The Morgan fingerprint density at radius 3 is 2.87 bits per heavy atom. The molecule has 2 aliphatic rings. The minimum absolute atomic E-state index is 0.191. The zero-order valence-corrected chi connectivity index (χ0v) is 9.68. The molecule has 4 nitrogen and oxygen atoms in total. The fourth-order valence-electron chi connectivity index (χ4n) is 2.63. The fraction of sp³-hybridized carbons (Fsp3) is 0.909. The Labute approximate surface area is 91.4 Å². The standard InChI is InChI=1S/C11H21N3O/c1-9(2)7-14-6-5-13-11(8-14)3-4-12-10(11)15/h9,13H,3-8H2,1-2H3,(H,12,15). The van der Waals surface area contributed by atoms with Crippen LogP contribution in [-0.4, -0.2) is 49.1 Å². The molecule has 2 rings (SSSR count). The van der Waals surface area contributed by atoms with Crippen LogP contribution in [0.3, 0.4) is 0 Å². The van der Waals surface area contributed by atoms with E-state index in [2.05, 4.69) is 29.4 Å². The van der Waals surface area contributed by atoms with E-state index in [0.717, 1.165) is 39.1 Å². The monoisotopic (exact) mass is 211 g/mol. The predicted molar refractivity (Wildman–Crippen MR) is 59.6 cm³/mol. The van der Waals surface area contributed by atoms with Gasteiger partial charge in [-0.3, -0.25) is 9.69 Å². The van der Waals surface area contributed by atoms with E-state index in [-0.39, 0.29) is 11.4 Å². The number of carbonyl (C=O) groups excluding carboxylic acids is 1. The average Bonchev–Trinajstić information content (AvgIpc) is 2.47. The van der Waals surface area contributed by atoms with Gasteiger partial charge >= 0.3 is 0 Å². The van der Waals surface area contributed by atoms with Crippen LogP contribution in [0, 0.1) is 5.92 Å². The molecule has 1 amide bonds. The summed E-state index contributed by atoms with van der Waals surface area (Å²) in [6.45, 7) is 9.23. The number of amides is 1. The summed E-state index contributed by atoms with van der Waals surface area (Å²) in [4.78, 5) is 14.2. The van der Waals surface area contributed by atoms with E-state index in [4.69, 9.17) is 0 Å². The number of hydrogen-bond acceptors (Lipinski definition) is 3. The maximum absolute atomic E-state index is 11.8. The van der Waals surface area contributed by atoms with Gasteiger partial charge in [-0.05, 0) is 12.3 Å². The molecule has 86 valence electrons. The minimum Gasteiger partial charge on any atom is -0.354 e. The van der Waals surface area contributed by atoms with Crippen molar-refractivity contribution in [2.24, 2.45) is 5.92 Å². The van der Waals surface area contributed by atoms with Gasteiger partial charge in [-0.2, -0.15) is 0 Å². The summed E-state index contributed by atoms with van der Waals surface area (Å²) in [7, 11) is 0. The molecule has 0 aromatic rings. The SMILES string of the molecule is CC(C)CN1CCNC2(CCNC2=O)C1. The van der Waals surface area contributed by atoms with Gasteiger partial charge in [0.25, 0.3) is 0 Å². The van der Waals surface area contributed by atoms with Crippen molar-refractivity contribution in [3.8, 4) is 0 Å². The Bertz CT molecular complexity index is 254. The first kappa shape index (κ1) is 10.9. The number of carbonyl (C=O) groups is 1. The van der Waals surface area contributed by atoms with Crippen molar-refractivity contribution >= 4 is 5.91 Å². The van der Waals surface area contributed by atoms with Gasteiger partial charge in [-0.25, -0.2) is 0 Å². The molecule has 15 heavy (non-hydrogen) atoms. The van der Waals surface area contributed by atoms with Crippen molar-refractivity contribution < 1.29 is 4.79 Å². The predicted octanol–water partition coefficient (Wildman–Crippen LogP) is -0.194. The van der Waals surface area contributed by atoms with E-state index < -0.39 is 0 Å². The first-order valence-corrected chi connectivity index (χ1v) is 5.88. The van der Waals surface area contributed by atoms with Crippen LogP contribution in [0.5, 0.6) is 0 Å². The molecule has 2 N–H and O–H groups in total. The molecule has 0 radical (unpaired) electrons. The van der Waals surface area contributed by atoms with Crippen LogP contribution >= 0.6 is 0 Å². The summed E-state index contributed by atoms with van der Waals surface area (Å²) in [5.41, 5.74) is -0.285. The van der Waals surface area contributed by atoms with Gasteiger partial charge in [-0.1, -0.05) is 13.8 Å². The Morgan fingerprint density at radius 1 is 1.47 bits per heavy atom. The highest BCUT2D eigenvalue weighted by Crippen LogP contribution is 2.21. The summed E-state index contributed by atoms with van der Waals surface area (Å²) in [6, 6.07) is 0. The summed E-state index contributed by atoms with van der Waals surface area (Å²) >= 11 is 0. The highest BCUT2D eigenvalue weighted by Gasteiger charge is 2.44. The molecule has 4 heteroatoms. The van der Waals surface area contributed by atoms with Gasteiger partial charge in [0.1, 0.15) is 5.54 Å². The third-order valence-electron chi connectivity index (χ3n) is 3.28. The van der Waals surface area contributed by atoms with Crippen LogP contribution in [0.25, 0.3) is 0 Å². The lowest BCUT2D eigenvalue weighted by atomic mass is 9.94. The first-order chi connectivity index (χ1) is 7.12. The molecule has 1 atom stereocenters. The van der Waals surface area contributed by atoms with Crippen molar-refractivity contribution in [3.05, 3.63) is 0 Å². The van der Waals surface area contributed by atoms with Gasteiger partial charge in [0.15, 0.2) is 0 Å². The zero-order valence-electron chi connectivity index (χ0n) is 9.68. The lowest BCUT2D eigenvalue weighted by Crippen LogP contribution is -2.64. The normalized spacial score (nSPS) is 32.6. The van der Waals surface area contributed by atoms with Gasteiger partial charge < -0.3 is 10.6 Å². The molecule has 0 aliphatic carbocycles. The third-order valence-corrected chi connectivity index (χ3v) is 3.28. The molecule has 0 bridgehead atoms. The molecule has 1 spiro atoms. The Morgan fingerprint density at radius 2 is 2.27 bits per heavy atom. The molecule has 0 saturated carbocycles. The number of rotatable bonds is 2. The van der Waals surface area contributed by atoms with Crippen LogP contribution in [-0.2, 0) is 4.79 Å². The molecule has 2 saturated heterocycles. The van der Waals surface area contributed by atoms with Gasteiger partial charge in [0.2, 0.25) is 5.91 Å². The third kappa shape index (κ3) is 2.16. The summed E-state index contributed by atoms with van der Waals surface area (Å²) in [5, 5.41) is 6.32. The van der Waals surface area contributed by atoms with E-state index in [0.29, 0.717) is 5.92 Å². The number of nitrogens with one attached hydrogen (secondary N) is 2. The Balaban J connectivity index is 2.00. The van der Waals surface area contributed by atoms with E-state index >= 15 is 0 Å². The van der Waals surface area contributed by atoms with E-state index in [1.165, 1.54) is 0 Å². The molecule has 1 unspecified atom stereocenters. The van der Waals surface area contributed by atoms with Gasteiger partial charge in [0, 0.05) is 32.7 Å². The molecule has 2 fully saturated rings. The largest absolute Gasteiger partial charge is 0.354 e. The Kier molecular flexibility index (Phi) is 2.98. The topological polar surface area (TPSA) is 44.4 Å². The lowest BCUT2D eigenvalue weighted by Gasteiger charge is -2.40. The highest BCUT2D eigenvalue weighted by atomic mass is 16.2. The first-order valence-electron chi connectivity index (χ1n) is 5.88. The summed E-state index contributed by atoms with van der Waals surface area (Å²) in [5.74, 6) is 0.862. The van der Waals surface area contributed by atoms with E-state index in [1.807, 2.05) is 0 Å². The molecular formula is C11H21N3O. The molecular weight excluding hydrogens is 190 g/mol. The maximum atomic E-state index is 11.8. The lowest BCUT2D eigenvalue weighted by molar-refractivity contribution is -0.126. The van der Waals surface area contributed by atoms with Crippen molar-refractivity contribution in [1.82, 2.24) is 15.5 Å². The van der Waals surface area contributed by atoms with Crippen molar-refractivity contribution in [2.75, 3.05) is 32.7 Å². The minimum atomic E-state index is -0.285. The fourth-order valence-corrected chi connectivity index (χ4v) is 2.63. The number of nitrogens with zero attached hydrogens (tertiary/aromatic N) is 1. The van der Waals surface area contributed by atoms with Gasteiger partial charge in [-0.15, -0.1) is 0 Å². The molecule has 2 heterocycles. The maximum Gasteiger partial charge on any atom is 0.241 e. The summed E-state index contributed by atoms with van der Waals surface area (Å²) < 4.78 is 0. The van der Waals surface area contributed by atoms with Crippen LogP contribution in [0.15, 0.2) is 0 Å².